The molecule has 2 unspecified atom stereocenters. The number of aliphatic hydroxyl groups excluding tert-OH is 1. The lowest BCUT2D eigenvalue weighted by atomic mass is 10.2. The number of rotatable bonds is 6. The maximum atomic E-state index is 12.5. The van der Waals surface area contributed by atoms with Crippen molar-refractivity contribution in [3.63, 3.8) is 0 Å². The van der Waals surface area contributed by atoms with Gasteiger partial charge in [-0.2, -0.15) is 4.98 Å². The van der Waals surface area contributed by atoms with Gasteiger partial charge in [0.15, 0.2) is 0 Å². The Hall–Kier alpha value is -3.50. The van der Waals surface area contributed by atoms with Crippen molar-refractivity contribution in [2.45, 2.75) is 52.1 Å². The highest BCUT2D eigenvalue weighted by Crippen LogP contribution is 2.25. The van der Waals surface area contributed by atoms with E-state index in [4.69, 9.17) is 0 Å². The summed E-state index contributed by atoms with van der Waals surface area (Å²) in [7, 11) is 3.68. The Balaban J connectivity index is 0.000000277. The van der Waals surface area contributed by atoms with Gasteiger partial charge in [-0.1, -0.05) is 32.6 Å². The summed E-state index contributed by atoms with van der Waals surface area (Å²) in [6.45, 7) is 9.32. The molecule has 0 spiro atoms. The number of carbonyl (C=O) groups is 1. The number of hydrogen-bond donors (Lipinski definition) is 4. The van der Waals surface area contributed by atoms with Gasteiger partial charge in [-0.05, 0) is 51.5 Å². The second kappa shape index (κ2) is 14.2. The van der Waals surface area contributed by atoms with Crippen LogP contribution in [0.3, 0.4) is 0 Å². The van der Waals surface area contributed by atoms with Crippen LogP contribution in [0, 0.1) is 0 Å². The number of aliphatic hydroxyl groups is 1. The molecule has 0 bridgehead atoms. The van der Waals surface area contributed by atoms with Gasteiger partial charge in [-0.15, -0.1) is 11.3 Å². The smallest absolute Gasteiger partial charge is 0.354 e. The molecule has 3 heterocycles. The van der Waals surface area contributed by atoms with Crippen molar-refractivity contribution in [2.75, 3.05) is 14.1 Å². The third-order valence-electron chi connectivity index (χ3n) is 5.67. The van der Waals surface area contributed by atoms with Gasteiger partial charge in [0, 0.05) is 25.3 Å². The van der Waals surface area contributed by atoms with Crippen molar-refractivity contribution in [3.8, 4) is 0 Å². The lowest BCUT2D eigenvalue weighted by Gasteiger charge is -2.19. The number of allylic oxidation sites excluding steroid dienone is 3. The fourth-order valence-corrected chi connectivity index (χ4v) is 4.97. The van der Waals surface area contributed by atoms with Crippen LogP contribution in [0.2, 0.25) is 0 Å². The Morgan fingerprint density at radius 2 is 2.00 bits per heavy atom. The topological polar surface area (TPSA) is 121 Å². The molecule has 2 atom stereocenters. The number of nitrogens with zero attached hydrogens (tertiary/aromatic N) is 3. The first-order valence-corrected chi connectivity index (χ1v) is 12.9. The highest BCUT2D eigenvalue weighted by atomic mass is 32.1. The van der Waals surface area contributed by atoms with Crippen molar-refractivity contribution >= 4 is 50.6 Å². The summed E-state index contributed by atoms with van der Waals surface area (Å²) in [5, 5.41) is 19.2. The standard InChI is InChI=1S/C15H14N4O2S.C9H16N2O.C2H6/c1-3-4-5-11(16-2)19-9-6-7-17-14-12(9)13(18-15(19)21)10(8-20)22-14;1-3-9(12)11-8-6-4-5-7(8)10-2;1-2/h3-8,16,20H,1-2H3;3,7-8,10H,1,4-6H2,2H3,(H,11,12);1-2H3/b4-3-,10-8-,11-5+;;. The van der Waals surface area contributed by atoms with E-state index in [1.807, 2.05) is 40.0 Å². The van der Waals surface area contributed by atoms with Crippen LogP contribution >= 0.6 is 11.3 Å². The van der Waals surface area contributed by atoms with E-state index in [2.05, 4.69) is 32.5 Å². The van der Waals surface area contributed by atoms with Gasteiger partial charge in [0.25, 0.3) is 0 Å². The molecule has 10 heteroatoms. The predicted octanol–water partition coefficient (Wildman–Crippen LogP) is 3.07. The van der Waals surface area contributed by atoms with Crippen molar-refractivity contribution in [3.05, 3.63) is 58.2 Å². The number of likely N-dealkylation sites (N-methyl/N-ethyl adjacent to an activating group) is 1. The molecule has 4 rings (SSSR count). The van der Waals surface area contributed by atoms with E-state index in [1.165, 1.54) is 28.4 Å². The molecular weight excluding hydrogens is 476 g/mol. The zero-order valence-corrected chi connectivity index (χ0v) is 22.4. The van der Waals surface area contributed by atoms with E-state index in [1.54, 1.807) is 25.4 Å². The van der Waals surface area contributed by atoms with Gasteiger partial charge in [-0.3, -0.25) is 4.79 Å². The van der Waals surface area contributed by atoms with Gasteiger partial charge in [0.2, 0.25) is 5.91 Å². The van der Waals surface area contributed by atoms with Crippen LogP contribution in [-0.2, 0) is 4.79 Å². The van der Waals surface area contributed by atoms with Gasteiger partial charge < -0.3 is 21.1 Å². The van der Waals surface area contributed by atoms with Crippen LogP contribution in [0.4, 0.5) is 0 Å². The predicted molar refractivity (Wildman–Crippen MR) is 150 cm³/mol. The number of thiophene rings is 1. The average Bonchev–Trinajstić information content (AvgIpc) is 3.51. The quantitative estimate of drug-likeness (QED) is 0.296. The number of carbonyl (C=O) groups excluding carboxylic acids is 1. The fourth-order valence-electron chi connectivity index (χ4n) is 4.05. The summed E-state index contributed by atoms with van der Waals surface area (Å²) in [6, 6.07) is 2.50. The Bertz CT molecular complexity index is 1340. The highest BCUT2D eigenvalue weighted by molar-refractivity contribution is 7.17. The minimum atomic E-state index is -0.411. The Morgan fingerprint density at radius 1 is 1.28 bits per heavy atom. The fraction of sp³-hybridized carbons (Fsp3) is 0.385. The summed E-state index contributed by atoms with van der Waals surface area (Å²) in [5.74, 6) is 0.549. The third kappa shape index (κ3) is 6.38. The Labute approximate surface area is 215 Å². The van der Waals surface area contributed by atoms with E-state index in [-0.39, 0.29) is 5.91 Å². The molecule has 3 aromatic heterocycles. The van der Waals surface area contributed by atoms with Crippen molar-refractivity contribution in [2.24, 2.45) is 0 Å². The van der Waals surface area contributed by atoms with Gasteiger partial charge >= 0.3 is 5.69 Å². The van der Waals surface area contributed by atoms with E-state index in [9.17, 15) is 14.7 Å². The molecule has 194 valence electrons. The first kappa shape index (κ1) is 28.7. The monoisotopic (exact) mass is 512 g/mol. The summed E-state index contributed by atoms with van der Waals surface area (Å²) in [5.41, 5.74) is 0.773. The van der Waals surface area contributed by atoms with Crippen LogP contribution in [0.1, 0.15) is 40.0 Å². The number of aromatic nitrogens is 3. The first-order chi connectivity index (χ1) is 17.5. The number of hydrogen-bond acceptors (Lipinski definition) is 8. The lowest BCUT2D eigenvalue weighted by molar-refractivity contribution is -0.117. The van der Waals surface area contributed by atoms with E-state index in [0.29, 0.717) is 33.5 Å². The summed E-state index contributed by atoms with van der Waals surface area (Å²) >= 11 is 1.30. The molecular formula is C26H36N6O3S. The number of amides is 1. The zero-order valence-electron chi connectivity index (χ0n) is 21.5. The summed E-state index contributed by atoms with van der Waals surface area (Å²) in [6.07, 6.45) is 12.9. The van der Waals surface area contributed by atoms with Crippen LogP contribution in [0.15, 0.2) is 47.9 Å². The summed E-state index contributed by atoms with van der Waals surface area (Å²) < 4.78 is 2.04. The molecule has 0 saturated heterocycles. The van der Waals surface area contributed by atoms with Gasteiger partial charge in [-0.25, -0.2) is 14.3 Å². The number of pyridine rings is 1. The van der Waals surface area contributed by atoms with Crippen LogP contribution < -0.4 is 26.2 Å². The van der Waals surface area contributed by atoms with Crippen LogP contribution in [0.5, 0.6) is 0 Å². The SMILES string of the molecule is C/C=C\C=C(/NC)n1c(=O)nc2/c(=C/O)sc3nccc1c32.C=CC(=O)NC1CCCC1NC.CC. The highest BCUT2D eigenvalue weighted by Gasteiger charge is 2.26. The summed E-state index contributed by atoms with van der Waals surface area (Å²) in [4.78, 5) is 32.6. The molecule has 1 aliphatic carbocycles. The molecule has 0 aliphatic heterocycles. The largest absolute Gasteiger partial charge is 0.514 e. The minimum Gasteiger partial charge on any atom is -0.514 e. The average molecular weight is 513 g/mol. The molecule has 4 N–H and O–H groups in total. The van der Waals surface area contributed by atoms with Crippen molar-refractivity contribution < 1.29 is 9.90 Å². The molecule has 3 aromatic rings. The van der Waals surface area contributed by atoms with E-state index in [0.717, 1.165) is 29.3 Å². The van der Waals surface area contributed by atoms with Crippen molar-refractivity contribution in [1.29, 1.82) is 0 Å². The first-order valence-electron chi connectivity index (χ1n) is 12.0. The molecule has 1 fully saturated rings. The van der Waals surface area contributed by atoms with E-state index < -0.39 is 5.69 Å². The molecule has 36 heavy (non-hydrogen) atoms. The van der Waals surface area contributed by atoms with Crippen molar-refractivity contribution in [1.82, 2.24) is 30.5 Å². The van der Waals surface area contributed by atoms with Crippen LogP contribution in [-0.4, -0.2) is 51.7 Å². The Kier molecular flexibility index (Phi) is 11.3. The third-order valence-corrected chi connectivity index (χ3v) is 6.69. The molecule has 1 saturated carbocycles. The molecule has 0 aromatic carbocycles. The second-order valence-corrected chi connectivity index (χ2v) is 8.69. The maximum Gasteiger partial charge on any atom is 0.354 e. The number of nitrogens with one attached hydrogen (secondary N) is 3. The Morgan fingerprint density at radius 3 is 2.61 bits per heavy atom. The molecule has 1 aliphatic rings. The van der Waals surface area contributed by atoms with Crippen LogP contribution in [0.25, 0.3) is 33.3 Å². The molecule has 1 amide bonds. The lowest BCUT2D eigenvalue weighted by Crippen LogP contribution is -2.44. The zero-order chi connectivity index (χ0) is 26.7. The minimum absolute atomic E-state index is 0.0675. The van der Waals surface area contributed by atoms with Gasteiger partial charge in [0.05, 0.1) is 21.7 Å². The molecule has 0 radical (unpaired) electrons. The molecule has 9 nitrogen and oxygen atoms in total. The van der Waals surface area contributed by atoms with E-state index >= 15 is 0 Å². The normalized spacial score (nSPS) is 18.0. The van der Waals surface area contributed by atoms with Gasteiger partial charge in [0.1, 0.15) is 16.2 Å². The maximum absolute atomic E-state index is 12.5. The second-order valence-electron chi connectivity index (χ2n) is 7.66.